The first kappa shape index (κ1) is 41.4. The molecule has 13 nitrogen and oxygen atoms in total. The molecule has 338 valence electrons. The topological polar surface area (TPSA) is 175 Å². The van der Waals surface area contributed by atoms with Crippen molar-refractivity contribution < 1.29 is 62.0 Å². The van der Waals surface area contributed by atoms with Crippen molar-refractivity contribution in [2.75, 3.05) is 13.2 Å². The highest BCUT2D eigenvalue weighted by atomic mass is 16.7. The number of carbonyl (C=O) groups is 7. The monoisotopic (exact) mass is 860 g/mol. The third kappa shape index (κ3) is 6.24. The maximum absolute atomic E-state index is 15.7. The van der Waals surface area contributed by atoms with Crippen LogP contribution < -0.4 is 0 Å². The number of carbonyl (C=O) groups excluding carboxylic acids is 7. The smallest absolute Gasteiger partial charge is 0.318 e. The molecule has 10 bridgehead atoms. The molecular weight excluding hydrogens is 797 g/mol. The Hall–Kier alpha value is -3.35. The van der Waals surface area contributed by atoms with Crippen molar-refractivity contribution in [3.8, 4) is 0 Å². The quantitative estimate of drug-likeness (QED) is 0.126. The molecule has 13 aliphatic rings. The third-order valence-corrected chi connectivity index (χ3v) is 19.4. The van der Waals surface area contributed by atoms with Gasteiger partial charge in [-0.05, 0) is 152 Å². The molecule has 13 heteroatoms. The molecule has 13 rings (SSSR count). The summed E-state index contributed by atoms with van der Waals surface area (Å²) in [6.07, 6.45) is 10.1. The summed E-state index contributed by atoms with van der Waals surface area (Å²) in [7, 11) is 0. The number of fused-ring (bicyclic) bond motifs is 5. The van der Waals surface area contributed by atoms with Gasteiger partial charge in [0, 0.05) is 30.6 Å². The van der Waals surface area contributed by atoms with E-state index in [9.17, 15) is 24.0 Å². The van der Waals surface area contributed by atoms with Gasteiger partial charge < -0.3 is 28.4 Å². The van der Waals surface area contributed by atoms with Gasteiger partial charge in [-0.15, -0.1) is 0 Å². The molecule has 15 atom stereocenters. The van der Waals surface area contributed by atoms with Crippen molar-refractivity contribution in [2.45, 2.75) is 154 Å². The summed E-state index contributed by atoms with van der Waals surface area (Å²) in [4.78, 5) is 98.4. The first-order valence-electron chi connectivity index (χ1n) is 24.2. The molecule has 0 aromatic rings. The number of rotatable bonds is 11. The van der Waals surface area contributed by atoms with Crippen LogP contribution in [0.2, 0.25) is 0 Å². The van der Waals surface area contributed by atoms with E-state index >= 15 is 9.59 Å². The molecule has 3 aliphatic heterocycles. The largest absolute Gasteiger partial charge is 0.465 e. The van der Waals surface area contributed by atoms with Crippen molar-refractivity contribution in [2.24, 2.45) is 93.2 Å². The molecule has 62 heavy (non-hydrogen) atoms. The van der Waals surface area contributed by atoms with Crippen LogP contribution in [0, 0.1) is 93.2 Å². The Balaban J connectivity index is 0.937. The zero-order valence-electron chi connectivity index (χ0n) is 36.8. The molecule has 0 N–H and O–H groups in total. The Bertz CT molecular complexity index is 1950. The molecule has 0 aromatic heterocycles. The fourth-order valence-electron chi connectivity index (χ4n) is 17.4. The molecule has 10 saturated carbocycles. The molecule has 15 unspecified atom stereocenters. The first-order valence-corrected chi connectivity index (χ1v) is 24.2. The van der Waals surface area contributed by atoms with Gasteiger partial charge in [0.1, 0.15) is 17.0 Å². The zero-order valence-corrected chi connectivity index (χ0v) is 36.8. The Morgan fingerprint density at radius 1 is 0.742 bits per heavy atom. The second-order valence-electron chi connectivity index (χ2n) is 23.6. The summed E-state index contributed by atoms with van der Waals surface area (Å²) >= 11 is 0. The van der Waals surface area contributed by atoms with E-state index in [1.807, 2.05) is 6.92 Å². The van der Waals surface area contributed by atoms with E-state index in [0.29, 0.717) is 77.4 Å². The van der Waals surface area contributed by atoms with Crippen LogP contribution in [-0.2, 0) is 62.0 Å². The molecule has 3 heterocycles. The third-order valence-electron chi connectivity index (χ3n) is 19.4. The van der Waals surface area contributed by atoms with Crippen LogP contribution in [0.4, 0.5) is 0 Å². The minimum absolute atomic E-state index is 0.00880. The van der Waals surface area contributed by atoms with E-state index in [2.05, 4.69) is 6.92 Å². The second kappa shape index (κ2) is 14.1. The molecule has 0 spiro atoms. The van der Waals surface area contributed by atoms with Crippen LogP contribution in [0.15, 0.2) is 0 Å². The van der Waals surface area contributed by atoms with E-state index in [0.717, 1.165) is 38.5 Å². The van der Waals surface area contributed by atoms with Gasteiger partial charge >= 0.3 is 35.8 Å². The summed E-state index contributed by atoms with van der Waals surface area (Å²) in [5.41, 5.74) is -5.61. The highest BCUT2D eigenvalue weighted by molar-refractivity contribution is 6.00. The van der Waals surface area contributed by atoms with Crippen LogP contribution >= 0.6 is 0 Å². The summed E-state index contributed by atoms with van der Waals surface area (Å²) in [6, 6.07) is 0. The fraction of sp³-hybridized carbons (Fsp3) is 0.857. The number of esters is 6. The number of ether oxygens (including phenoxy) is 6. The molecule has 13 fully saturated rings. The number of hydrogen-bond donors (Lipinski definition) is 0. The molecule has 0 radical (unpaired) electrons. The molecule has 3 saturated heterocycles. The Morgan fingerprint density at radius 2 is 1.44 bits per heavy atom. The SMILES string of the molecule is CC1C(=O)OC(=O)C1C(C)(CC(C)(CC1C(C)C2CC1C1COC(=O)C21)C(=O)OC12CC3CC(C1)CC(C(=O)OC1CCCCO1)(C3)C2)C(=O)OC12CC3CC(C1)C(=O)C(C3)C2. The van der Waals surface area contributed by atoms with E-state index in [1.165, 1.54) is 0 Å². The van der Waals surface area contributed by atoms with Gasteiger partial charge in [-0.25, -0.2) is 0 Å². The summed E-state index contributed by atoms with van der Waals surface area (Å²) < 4.78 is 36.4. The minimum Gasteiger partial charge on any atom is -0.465 e. The highest BCUT2D eigenvalue weighted by Crippen LogP contribution is 2.66. The Kier molecular flexibility index (Phi) is 9.39. The predicted molar refractivity (Wildman–Crippen MR) is 214 cm³/mol. The maximum Gasteiger partial charge on any atom is 0.318 e. The van der Waals surface area contributed by atoms with E-state index in [-0.39, 0.29) is 89.2 Å². The number of cyclic esters (lactones) is 3. The van der Waals surface area contributed by atoms with Crippen LogP contribution in [0.5, 0.6) is 0 Å². The zero-order chi connectivity index (χ0) is 43.3. The van der Waals surface area contributed by atoms with Crippen molar-refractivity contribution in [3.05, 3.63) is 0 Å². The van der Waals surface area contributed by atoms with E-state index < -0.39 is 69.5 Å². The minimum atomic E-state index is -1.69. The summed E-state index contributed by atoms with van der Waals surface area (Å²) in [5.74, 6) is -4.46. The Morgan fingerprint density at radius 3 is 2.10 bits per heavy atom. The number of ketones is 1. The summed E-state index contributed by atoms with van der Waals surface area (Å²) in [6.45, 7) is 8.20. The molecule has 0 amide bonds. The van der Waals surface area contributed by atoms with Gasteiger partial charge in [-0.2, -0.15) is 0 Å². The molecule has 0 aromatic carbocycles. The van der Waals surface area contributed by atoms with Crippen molar-refractivity contribution >= 4 is 41.6 Å². The lowest BCUT2D eigenvalue weighted by molar-refractivity contribution is -0.234. The lowest BCUT2D eigenvalue weighted by atomic mass is 9.47. The van der Waals surface area contributed by atoms with Crippen molar-refractivity contribution in [3.63, 3.8) is 0 Å². The van der Waals surface area contributed by atoms with Gasteiger partial charge in [0.15, 0.2) is 0 Å². The van der Waals surface area contributed by atoms with Crippen LogP contribution in [0.1, 0.15) is 137 Å². The van der Waals surface area contributed by atoms with Gasteiger partial charge in [0.25, 0.3) is 0 Å². The maximum atomic E-state index is 15.7. The average molecular weight is 861 g/mol. The number of Topliss-reactive ketones (excluding diaryl/α,β-unsaturated/α-hetero) is 1. The lowest BCUT2D eigenvalue weighted by Crippen LogP contribution is -2.61. The van der Waals surface area contributed by atoms with Crippen LogP contribution in [0.25, 0.3) is 0 Å². The lowest BCUT2D eigenvalue weighted by Gasteiger charge is -2.60. The van der Waals surface area contributed by atoms with Gasteiger partial charge in [-0.1, -0.05) is 13.8 Å². The molecular formula is C49H64O13. The average Bonchev–Trinajstić information content (AvgIpc) is 3.93. The molecule has 10 aliphatic carbocycles. The highest BCUT2D eigenvalue weighted by Gasteiger charge is 2.68. The summed E-state index contributed by atoms with van der Waals surface area (Å²) in [5, 5.41) is 0. The fourth-order valence-corrected chi connectivity index (χ4v) is 17.4. The normalized spacial score (nSPS) is 48.6. The van der Waals surface area contributed by atoms with Crippen LogP contribution in [0.3, 0.4) is 0 Å². The Labute approximate surface area is 363 Å². The van der Waals surface area contributed by atoms with Gasteiger partial charge in [-0.3, -0.25) is 33.6 Å². The van der Waals surface area contributed by atoms with E-state index in [4.69, 9.17) is 28.4 Å². The van der Waals surface area contributed by atoms with Crippen LogP contribution in [-0.4, -0.2) is 72.3 Å². The first-order chi connectivity index (χ1) is 29.4. The standard InChI is InChI=1S/C49H64O13/c1-24-31-12-32(34-21-58-40(52)36(31)34)33(24)20-45(3,42(54)61-49-16-27-9-28(17-49)14-47(13-27,23-49)44(56)59-35-7-5-6-8-57-35)22-46(4,37-25(2)39(51)60-41(37)53)43(55)62-48-15-26-10-29(18-48)38(50)30(11-26)19-48/h24-37H,5-23H2,1-4H3. The van der Waals surface area contributed by atoms with Crippen molar-refractivity contribution in [1.29, 1.82) is 0 Å². The second-order valence-corrected chi connectivity index (χ2v) is 23.6. The predicted octanol–water partition coefficient (Wildman–Crippen LogP) is 6.45. The van der Waals surface area contributed by atoms with E-state index in [1.54, 1.807) is 13.8 Å². The van der Waals surface area contributed by atoms with Gasteiger partial charge in [0.2, 0.25) is 6.29 Å². The van der Waals surface area contributed by atoms with Crippen molar-refractivity contribution in [1.82, 2.24) is 0 Å². The van der Waals surface area contributed by atoms with Gasteiger partial charge in [0.05, 0.1) is 47.2 Å². The number of hydrogen-bond acceptors (Lipinski definition) is 13.